The average Bonchev–Trinajstić information content (AvgIpc) is 3.39. The molecule has 0 bridgehead atoms. The summed E-state index contributed by atoms with van der Waals surface area (Å²) < 4.78 is 6.21. The maximum absolute atomic E-state index is 13.2. The quantitative estimate of drug-likeness (QED) is 0.305. The molecule has 0 saturated heterocycles. The van der Waals surface area contributed by atoms with Crippen LogP contribution < -0.4 is 4.90 Å². The molecule has 0 aliphatic heterocycles. The molecule has 29 heavy (non-hydrogen) atoms. The third-order valence-corrected chi connectivity index (χ3v) is 5.92. The molecule has 0 saturated carbocycles. The monoisotopic (exact) mass is 427 g/mol. The first-order valence-corrected chi connectivity index (χ1v) is 9.78. The minimum absolute atomic E-state index is 0.0819. The van der Waals surface area contributed by atoms with E-state index in [0.717, 1.165) is 15.8 Å². The predicted molar refractivity (Wildman–Crippen MR) is 112 cm³/mol. The largest absolute Gasteiger partial charge is 0.467 e. The van der Waals surface area contributed by atoms with Crippen LogP contribution in [0.15, 0.2) is 59.2 Å². The molecular weight excluding hydrogens is 414 g/mol. The molecule has 146 valence electrons. The van der Waals surface area contributed by atoms with Gasteiger partial charge in [-0.25, -0.2) is 4.98 Å². The number of halogens is 1. The van der Waals surface area contributed by atoms with Crippen molar-refractivity contribution in [3.63, 3.8) is 0 Å². The SMILES string of the molecule is Cc1ccc(Cl)c2sc(N(Cc3ccco3)C(=O)c3ccc([N+](=O)[O-])cc3)nc12. The van der Waals surface area contributed by atoms with Crippen molar-refractivity contribution in [3.05, 3.63) is 86.8 Å². The summed E-state index contributed by atoms with van der Waals surface area (Å²) in [5, 5.41) is 11.9. The minimum Gasteiger partial charge on any atom is -0.467 e. The molecule has 2 heterocycles. The Morgan fingerprint density at radius 1 is 1.24 bits per heavy atom. The molecule has 2 aromatic heterocycles. The lowest BCUT2D eigenvalue weighted by Crippen LogP contribution is -2.30. The van der Waals surface area contributed by atoms with E-state index in [1.807, 2.05) is 13.0 Å². The molecule has 7 nitrogen and oxygen atoms in total. The summed E-state index contributed by atoms with van der Waals surface area (Å²) in [7, 11) is 0. The molecule has 1 amide bonds. The Balaban J connectivity index is 1.77. The topological polar surface area (TPSA) is 89.5 Å². The fraction of sp³-hybridized carbons (Fsp3) is 0.100. The molecule has 0 aliphatic carbocycles. The van der Waals surface area contributed by atoms with E-state index in [-0.39, 0.29) is 18.1 Å². The van der Waals surface area contributed by atoms with Gasteiger partial charge < -0.3 is 4.42 Å². The second-order valence-corrected chi connectivity index (χ2v) is 7.70. The second-order valence-electron chi connectivity index (χ2n) is 6.31. The fourth-order valence-electron chi connectivity index (χ4n) is 2.87. The number of rotatable bonds is 5. The number of carbonyl (C=O) groups excluding carboxylic acids is 1. The number of carbonyl (C=O) groups is 1. The van der Waals surface area contributed by atoms with Crippen molar-refractivity contribution < 1.29 is 14.1 Å². The van der Waals surface area contributed by atoms with Gasteiger partial charge in [0.2, 0.25) is 0 Å². The van der Waals surface area contributed by atoms with Crippen molar-refractivity contribution in [2.75, 3.05) is 4.90 Å². The van der Waals surface area contributed by atoms with E-state index in [1.54, 1.807) is 18.2 Å². The number of hydrogen-bond acceptors (Lipinski definition) is 6. The summed E-state index contributed by atoms with van der Waals surface area (Å²) >= 11 is 7.63. The van der Waals surface area contributed by atoms with E-state index >= 15 is 0 Å². The summed E-state index contributed by atoms with van der Waals surface area (Å²) in [5.74, 6) is 0.242. The zero-order valence-corrected chi connectivity index (χ0v) is 16.7. The van der Waals surface area contributed by atoms with E-state index in [9.17, 15) is 14.9 Å². The van der Waals surface area contributed by atoms with Crippen LogP contribution in [-0.2, 0) is 6.54 Å². The average molecular weight is 428 g/mol. The maximum atomic E-state index is 13.2. The smallest absolute Gasteiger partial charge is 0.269 e. The first-order valence-electron chi connectivity index (χ1n) is 8.58. The number of nitrogens with zero attached hydrogens (tertiary/aromatic N) is 3. The van der Waals surface area contributed by atoms with Gasteiger partial charge >= 0.3 is 0 Å². The van der Waals surface area contributed by atoms with Gasteiger partial charge in [0.25, 0.3) is 11.6 Å². The van der Waals surface area contributed by atoms with Crippen molar-refractivity contribution in [3.8, 4) is 0 Å². The predicted octanol–water partition coefficient (Wildman–Crippen LogP) is 5.61. The van der Waals surface area contributed by atoms with Gasteiger partial charge in [-0.2, -0.15) is 0 Å². The van der Waals surface area contributed by atoms with E-state index in [1.165, 1.54) is 46.8 Å². The first-order chi connectivity index (χ1) is 13.9. The number of aromatic nitrogens is 1. The van der Waals surface area contributed by atoms with Crippen LogP contribution in [0.2, 0.25) is 5.02 Å². The first kappa shape index (κ1) is 19.1. The third kappa shape index (κ3) is 3.72. The lowest BCUT2D eigenvalue weighted by Gasteiger charge is -2.18. The molecule has 9 heteroatoms. The number of thiazole rings is 1. The normalized spacial score (nSPS) is 11.0. The Morgan fingerprint density at radius 2 is 2.00 bits per heavy atom. The zero-order valence-electron chi connectivity index (χ0n) is 15.2. The van der Waals surface area contributed by atoms with Crippen LogP contribution in [0.1, 0.15) is 21.7 Å². The number of nitro benzene ring substituents is 1. The number of anilines is 1. The fourth-order valence-corrected chi connectivity index (χ4v) is 4.19. The summed E-state index contributed by atoms with van der Waals surface area (Å²) in [6.07, 6.45) is 1.53. The van der Waals surface area contributed by atoms with Crippen LogP contribution in [0.25, 0.3) is 10.2 Å². The lowest BCUT2D eigenvalue weighted by atomic mass is 10.2. The van der Waals surface area contributed by atoms with Gasteiger partial charge in [0.05, 0.1) is 33.0 Å². The number of amides is 1. The molecule has 4 aromatic rings. The van der Waals surface area contributed by atoms with Crippen molar-refractivity contribution in [2.24, 2.45) is 0 Å². The lowest BCUT2D eigenvalue weighted by molar-refractivity contribution is -0.384. The number of furan rings is 1. The number of nitro groups is 1. The molecular formula is C20H14ClN3O4S. The zero-order chi connectivity index (χ0) is 20.5. The van der Waals surface area contributed by atoms with Crippen molar-refractivity contribution in [2.45, 2.75) is 13.5 Å². The van der Waals surface area contributed by atoms with Gasteiger partial charge in [-0.15, -0.1) is 0 Å². The molecule has 2 aromatic carbocycles. The van der Waals surface area contributed by atoms with Crippen LogP contribution >= 0.6 is 22.9 Å². The van der Waals surface area contributed by atoms with Crippen molar-refractivity contribution in [1.82, 2.24) is 4.98 Å². The summed E-state index contributed by atoms with van der Waals surface area (Å²) in [4.78, 5) is 29.8. The molecule has 0 fully saturated rings. The molecule has 0 N–H and O–H groups in total. The Hall–Kier alpha value is -3.23. The number of aryl methyl sites for hydroxylation is 1. The Kier molecular flexibility index (Phi) is 5.04. The van der Waals surface area contributed by atoms with Gasteiger partial charge in [0, 0.05) is 17.7 Å². The Labute approximate surface area is 174 Å². The van der Waals surface area contributed by atoms with E-state index in [2.05, 4.69) is 4.98 Å². The minimum atomic E-state index is -0.507. The van der Waals surface area contributed by atoms with Crippen LogP contribution in [0.3, 0.4) is 0 Å². The number of non-ortho nitro benzene ring substituents is 1. The van der Waals surface area contributed by atoms with Gasteiger partial charge in [0.15, 0.2) is 5.13 Å². The van der Waals surface area contributed by atoms with Gasteiger partial charge in [0.1, 0.15) is 5.76 Å². The van der Waals surface area contributed by atoms with E-state index < -0.39 is 4.92 Å². The molecule has 0 radical (unpaired) electrons. The highest BCUT2D eigenvalue weighted by molar-refractivity contribution is 7.23. The maximum Gasteiger partial charge on any atom is 0.269 e. The van der Waals surface area contributed by atoms with Crippen LogP contribution in [0.4, 0.5) is 10.8 Å². The molecule has 0 spiro atoms. The Bertz CT molecular complexity index is 1160. The highest BCUT2D eigenvalue weighted by atomic mass is 35.5. The molecule has 4 rings (SSSR count). The van der Waals surface area contributed by atoms with Gasteiger partial charge in [-0.3, -0.25) is 19.8 Å². The van der Waals surface area contributed by atoms with Gasteiger partial charge in [-0.1, -0.05) is 29.0 Å². The highest BCUT2D eigenvalue weighted by Crippen LogP contribution is 2.36. The number of hydrogen-bond donors (Lipinski definition) is 0. The number of fused-ring (bicyclic) bond motifs is 1. The van der Waals surface area contributed by atoms with Crippen molar-refractivity contribution >= 4 is 49.9 Å². The van der Waals surface area contributed by atoms with Crippen molar-refractivity contribution in [1.29, 1.82) is 0 Å². The second kappa shape index (κ2) is 7.65. The molecule has 0 atom stereocenters. The summed E-state index contributed by atoms with van der Waals surface area (Å²) in [5.41, 5.74) is 1.91. The van der Waals surface area contributed by atoms with E-state index in [4.69, 9.17) is 16.0 Å². The highest BCUT2D eigenvalue weighted by Gasteiger charge is 2.24. The summed E-state index contributed by atoms with van der Waals surface area (Å²) in [6, 6.07) is 12.7. The third-order valence-electron chi connectivity index (χ3n) is 4.38. The standard InChI is InChI=1S/C20H14ClN3O4S/c1-12-4-9-16(21)18-17(12)22-20(29-18)23(11-15-3-2-10-28-15)19(25)13-5-7-14(8-6-13)24(26)27/h2-10H,11H2,1H3. The van der Waals surface area contributed by atoms with Gasteiger partial charge in [-0.05, 0) is 42.8 Å². The van der Waals surface area contributed by atoms with Crippen LogP contribution in [0.5, 0.6) is 0 Å². The Morgan fingerprint density at radius 3 is 2.62 bits per heavy atom. The molecule has 0 unspecified atom stereocenters. The molecule has 0 aliphatic rings. The van der Waals surface area contributed by atoms with Crippen LogP contribution in [0, 0.1) is 17.0 Å². The number of benzene rings is 2. The van der Waals surface area contributed by atoms with E-state index in [0.29, 0.717) is 21.5 Å². The summed E-state index contributed by atoms with van der Waals surface area (Å²) in [6.45, 7) is 2.09. The van der Waals surface area contributed by atoms with Crippen LogP contribution in [-0.4, -0.2) is 15.8 Å².